The van der Waals surface area contributed by atoms with E-state index in [2.05, 4.69) is 27.7 Å². The van der Waals surface area contributed by atoms with Crippen LogP contribution in [0.1, 0.15) is 53.4 Å². The van der Waals surface area contributed by atoms with Crippen molar-refractivity contribution in [2.75, 3.05) is 6.61 Å². The van der Waals surface area contributed by atoms with Crippen LogP contribution in [0.4, 0.5) is 0 Å². The van der Waals surface area contributed by atoms with Crippen LogP contribution >= 0.6 is 0 Å². The van der Waals surface area contributed by atoms with E-state index in [9.17, 15) is 14.7 Å². The molecule has 0 radical (unpaired) electrons. The number of aliphatic hydroxyl groups is 1. The van der Waals surface area contributed by atoms with Crippen LogP contribution in [0.5, 0.6) is 0 Å². The Morgan fingerprint density at radius 3 is 2.75 bits per heavy atom. The number of carbonyl (C=O) groups excluding carboxylic acids is 2. The molecule has 1 saturated carbocycles. The SMILES string of the molecule is CC1=C(C=O)C[C@@H]2[C@@](C)(C[C@H](O)C3=CC(=O)OC3)[C@H](C)CC[C@@]12C. The highest BCUT2D eigenvalue weighted by atomic mass is 16.5. The lowest BCUT2D eigenvalue weighted by Crippen LogP contribution is -2.48. The Labute approximate surface area is 144 Å². The molecule has 0 amide bonds. The molecule has 5 atom stereocenters. The average Bonchev–Trinajstić information content (AvgIpc) is 3.08. The number of fused-ring (bicyclic) bond motifs is 1. The first-order chi connectivity index (χ1) is 11.2. The van der Waals surface area contributed by atoms with Crippen LogP contribution in [0.3, 0.4) is 0 Å². The summed E-state index contributed by atoms with van der Waals surface area (Å²) >= 11 is 0. The highest BCUT2D eigenvalue weighted by molar-refractivity contribution is 5.85. The fraction of sp³-hybridized carbons (Fsp3) is 0.700. The summed E-state index contributed by atoms with van der Waals surface area (Å²) in [6.45, 7) is 9.08. The lowest BCUT2D eigenvalue weighted by Gasteiger charge is -2.54. The highest BCUT2D eigenvalue weighted by Gasteiger charge is 2.56. The zero-order valence-electron chi connectivity index (χ0n) is 15.1. The molecule has 4 nitrogen and oxygen atoms in total. The molecule has 2 aliphatic carbocycles. The summed E-state index contributed by atoms with van der Waals surface area (Å²) < 4.78 is 4.95. The maximum absolute atomic E-state index is 11.5. The smallest absolute Gasteiger partial charge is 0.331 e. The lowest BCUT2D eigenvalue weighted by atomic mass is 9.50. The molecule has 132 valence electrons. The van der Waals surface area contributed by atoms with Crippen LogP contribution in [-0.2, 0) is 14.3 Å². The van der Waals surface area contributed by atoms with Gasteiger partial charge in [-0.1, -0.05) is 26.3 Å². The van der Waals surface area contributed by atoms with Crippen LogP contribution in [0.2, 0.25) is 0 Å². The Hall–Kier alpha value is -1.42. The molecule has 0 bridgehead atoms. The number of rotatable bonds is 4. The van der Waals surface area contributed by atoms with E-state index in [1.54, 1.807) is 0 Å². The molecule has 4 heteroatoms. The maximum Gasteiger partial charge on any atom is 0.331 e. The number of aliphatic hydroxyl groups excluding tert-OH is 1. The van der Waals surface area contributed by atoms with Gasteiger partial charge in [0.2, 0.25) is 0 Å². The Kier molecular flexibility index (Phi) is 4.23. The summed E-state index contributed by atoms with van der Waals surface area (Å²) in [5.41, 5.74) is 2.81. The van der Waals surface area contributed by atoms with Crippen molar-refractivity contribution in [2.45, 2.75) is 59.5 Å². The molecule has 1 fully saturated rings. The van der Waals surface area contributed by atoms with Gasteiger partial charge < -0.3 is 9.84 Å². The minimum absolute atomic E-state index is 0.0353. The predicted octanol–water partition coefficient (Wildman–Crippen LogP) is 3.20. The van der Waals surface area contributed by atoms with Crippen molar-refractivity contribution in [2.24, 2.45) is 22.7 Å². The zero-order chi connectivity index (χ0) is 17.7. The first kappa shape index (κ1) is 17.4. The van der Waals surface area contributed by atoms with Gasteiger partial charge >= 0.3 is 5.97 Å². The third-order valence-corrected chi connectivity index (χ3v) is 7.44. The molecule has 24 heavy (non-hydrogen) atoms. The van der Waals surface area contributed by atoms with E-state index >= 15 is 0 Å². The van der Waals surface area contributed by atoms with Gasteiger partial charge in [0.15, 0.2) is 0 Å². The molecular weight excluding hydrogens is 304 g/mol. The third-order valence-electron chi connectivity index (χ3n) is 7.44. The quantitative estimate of drug-likeness (QED) is 0.634. The van der Waals surface area contributed by atoms with E-state index in [1.165, 1.54) is 11.6 Å². The lowest BCUT2D eigenvalue weighted by molar-refractivity contribution is -0.135. The van der Waals surface area contributed by atoms with Crippen LogP contribution in [0, 0.1) is 22.7 Å². The van der Waals surface area contributed by atoms with Crippen LogP contribution in [-0.4, -0.2) is 30.1 Å². The topological polar surface area (TPSA) is 63.6 Å². The summed E-state index contributed by atoms with van der Waals surface area (Å²) in [6.07, 6.45) is 5.38. The minimum Gasteiger partial charge on any atom is -0.458 e. The number of carbonyl (C=O) groups is 2. The number of hydrogen-bond acceptors (Lipinski definition) is 4. The molecule has 1 aliphatic heterocycles. The van der Waals surface area contributed by atoms with Gasteiger partial charge in [0.1, 0.15) is 12.9 Å². The van der Waals surface area contributed by atoms with E-state index in [4.69, 9.17) is 4.74 Å². The van der Waals surface area contributed by atoms with Crippen molar-refractivity contribution in [1.82, 2.24) is 0 Å². The minimum atomic E-state index is -0.660. The van der Waals surface area contributed by atoms with Gasteiger partial charge in [-0.2, -0.15) is 0 Å². The van der Waals surface area contributed by atoms with Gasteiger partial charge in [-0.3, -0.25) is 4.79 Å². The molecule has 3 rings (SSSR count). The second kappa shape index (κ2) is 5.83. The standard InChI is InChI=1S/C20H28O4/c1-12-5-6-19(3)13(2)14(10-21)7-17(19)20(12,4)9-16(22)15-8-18(23)24-11-15/h8,10,12,16-17,22H,5-7,9,11H2,1-4H3/t12-,16+,17+,19+,20+/m1/s1. The first-order valence-corrected chi connectivity index (χ1v) is 8.93. The summed E-state index contributed by atoms with van der Waals surface area (Å²) in [5.74, 6) is 0.447. The molecule has 1 heterocycles. The third kappa shape index (κ3) is 2.46. The van der Waals surface area contributed by atoms with E-state index in [1.807, 2.05) is 0 Å². The zero-order valence-corrected chi connectivity index (χ0v) is 15.1. The van der Waals surface area contributed by atoms with E-state index in [0.29, 0.717) is 23.8 Å². The van der Waals surface area contributed by atoms with Crippen molar-refractivity contribution in [1.29, 1.82) is 0 Å². The number of allylic oxidation sites excluding steroid dienone is 2. The van der Waals surface area contributed by atoms with E-state index < -0.39 is 6.10 Å². The van der Waals surface area contributed by atoms with Crippen molar-refractivity contribution in [3.05, 3.63) is 22.8 Å². The molecular formula is C20H28O4. The Morgan fingerprint density at radius 1 is 1.46 bits per heavy atom. The van der Waals surface area contributed by atoms with Crippen molar-refractivity contribution in [3.8, 4) is 0 Å². The van der Waals surface area contributed by atoms with Crippen molar-refractivity contribution >= 4 is 12.3 Å². The first-order valence-electron chi connectivity index (χ1n) is 8.93. The molecule has 0 aromatic rings. The summed E-state index contributed by atoms with van der Waals surface area (Å²) in [4.78, 5) is 22.8. The molecule has 0 saturated heterocycles. The summed E-state index contributed by atoms with van der Waals surface area (Å²) in [5, 5.41) is 10.7. The van der Waals surface area contributed by atoms with Crippen LogP contribution in [0.25, 0.3) is 0 Å². The molecule has 0 aromatic carbocycles. The molecule has 1 N–H and O–H groups in total. The number of ether oxygens (including phenoxy) is 1. The molecule has 0 unspecified atom stereocenters. The second-order valence-corrected chi connectivity index (χ2v) is 8.43. The second-order valence-electron chi connectivity index (χ2n) is 8.43. The number of esters is 1. The summed E-state index contributed by atoms with van der Waals surface area (Å²) in [6, 6.07) is 0. The average molecular weight is 332 g/mol. The monoisotopic (exact) mass is 332 g/mol. The van der Waals surface area contributed by atoms with Crippen molar-refractivity contribution < 1.29 is 19.4 Å². The molecule has 0 aromatic heterocycles. The maximum atomic E-state index is 11.5. The predicted molar refractivity (Wildman–Crippen MR) is 91.1 cm³/mol. The number of hydrogen-bond donors (Lipinski definition) is 1. The normalized spacial score (nSPS) is 40.2. The largest absolute Gasteiger partial charge is 0.458 e. The van der Waals surface area contributed by atoms with Gasteiger partial charge in [0, 0.05) is 11.6 Å². The van der Waals surface area contributed by atoms with Gasteiger partial charge in [0.25, 0.3) is 0 Å². The highest BCUT2D eigenvalue weighted by Crippen LogP contribution is 2.64. The van der Waals surface area contributed by atoms with Gasteiger partial charge in [-0.05, 0) is 60.8 Å². The fourth-order valence-electron chi connectivity index (χ4n) is 5.35. The summed E-state index contributed by atoms with van der Waals surface area (Å²) in [7, 11) is 0. The molecule has 0 spiro atoms. The van der Waals surface area contributed by atoms with E-state index in [0.717, 1.165) is 31.1 Å². The Morgan fingerprint density at radius 2 is 2.17 bits per heavy atom. The van der Waals surface area contributed by atoms with Gasteiger partial charge in [-0.25, -0.2) is 4.79 Å². The van der Waals surface area contributed by atoms with Crippen molar-refractivity contribution in [3.63, 3.8) is 0 Å². The van der Waals surface area contributed by atoms with Crippen LogP contribution < -0.4 is 0 Å². The fourth-order valence-corrected chi connectivity index (χ4v) is 5.35. The molecule has 3 aliphatic rings. The van der Waals surface area contributed by atoms with Crippen LogP contribution in [0.15, 0.2) is 22.8 Å². The number of cyclic esters (lactones) is 1. The number of aldehydes is 1. The Bertz CT molecular complexity index is 632. The van der Waals surface area contributed by atoms with E-state index in [-0.39, 0.29) is 23.4 Å². The van der Waals surface area contributed by atoms with Gasteiger partial charge in [0.05, 0.1) is 6.10 Å². The Balaban J connectivity index is 1.89. The van der Waals surface area contributed by atoms with Gasteiger partial charge in [-0.15, -0.1) is 0 Å².